The first-order valence-corrected chi connectivity index (χ1v) is 8.68. The second-order valence-corrected chi connectivity index (χ2v) is 7.26. The number of nitrogens with two attached hydrogens (primary N) is 1. The van der Waals surface area contributed by atoms with Gasteiger partial charge in [-0.1, -0.05) is 0 Å². The number of fused-ring (bicyclic) bond motifs is 2. The summed E-state index contributed by atoms with van der Waals surface area (Å²) in [6, 6.07) is 0. The second-order valence-electron chi connectivity index (χ2n) is 5.58. The Hall–Kier alpha value is -1.62. The average molecular weight is 357 g/mol. The molecule has 4 heterocycles. The van der Waals surface area contributed by atoms with Crippen LogP contribution < -0.4 is 5.73 Å². The van der Waals surface area contributed by atoms with E-state index in [0.717, 1.165) is 0 Å². The van der Waals surface area contributed by atoms with E-state index in [4.69, 9.17) is 24.0 Å². The molecule has 11 nitrogen and oxygen atoms in total. The van der Waals surface area contributed by atoms with Gasteiger partial charge in [0.05, 0.1) is 12.4 Å². The topological polar surface area (TPSA) is 144 Å². The van der Waals surface area contributed by atoms with Gasteiger partial charge in [-0.3, -0.25) is 18.1 Å². The third-order valence-electron chi connectivity index (χ3n) is 4.14. The third kappa shape index (κ3) is 2.25. The number of ether oxygens (including phenoxy) is 1. The van der Waals surface area contributed by atoms with Crippen molar-refractivity contribution in [1.29, 1.82) is 0 Å². The van der Waals surface area contributed by atoms with E-state index < -0.39 is 38.5 Å². The van der Waals surface area contributed by atoms with Gasteiger partial charge in [0.2, 0.25) is 0 Å². The molecule has 0 radical (unpaired) electrons. The van der Waals surface area contributed by atoms with Crippen LogP contribution in [0.4, 0.5) is 5.82 Å². The number of nitrogen functional groups attached to an aromatic ring is 1. The van der Waals surface area contributed by atoms with Gasteiger partial charge in [0.1, 0.15) is 30.2 Å². The fourth-order valence-corrected chi connectivity index (χ4v) is 4.28. The molecule has 2 aromatic heterocycles. The zero-order valence-electron chi connectivity index (χ0n) is 12.8. The minimum atomic E-state index is -3.73. The molecule has 6 atom stereocenters. The van der Waals surface area contributed by atoms with Crippen molar-refractivity contribution in [3.63, 3.8) is 0 Å². The first kappa shape index (κ1) is 15.9. The smallest absolute Gasteiger partial charge is 0.386 e. The van der Waals surface area contributed by atoms with E-state index in [1.807, 2.05) is 0 Å². The van der Waals surface area contributed by atoms with Crippen LogP contribution in [-0.2, 0) is 22.9 Å². The van der Waals surface area contributed by atoms with Crippen LogP contribution in [0, 0.1) is 0 Å². The highest BCUT2D eigenvalue weighted by Crippen LogP contribution is 2.58. The molecular weight excluding hydrogens is 341 g/mol. The molecule has 12 heteroatoms. The van der Waals surface area contributed by atoms with Crippen molar-refractivity contribution in [3.05, 3.63) is 12.7 Å². The van der Waals surface area contributed by atoms with Gasteiger partial charge < -0.3 is 15.6 Å². The number of phosphoric acid groups is 1. The van der Waals surface area contributed by atoms with Crippen molar-refractivity contribution in [1.82, 2.24) is 19.5 Å². The molecule has 3 N–H and O–H groups in total. The summed E-state index contributed by atoms with van der Waals surface area (Å²) in [5, 5.41) is 10.6. The Kier molecular flexibility index (Phi) is 3.60. The number of phosphoric ester groups is 1. The number of aliphatic hydroxyl groups is 1. The Morgan fingerprint density at radius 3 is 2.88 bits per heavy atom. The summed E-state index contributed by atoms with van der Waals surface area (Å²) in [5.74, 6) is 0.223. The van der Waals surface area contributed by atoms with Gasteiger partial charge in [-0.25, -0.2) is 19.5 Å². The lowest BCUT2D eigenvalue weighted by Crippen LogP contribution is -2.44. The second kappa shape index (κ2) is 5.45. The molecular formula is C12H16N5O6P. The van der Waals surface area contributed by atoms with E-state index in [9.17, 15) is 9.67 Å². The largest absolute Gasteiger partial charge is 0.475 e. The van der Waals surface area contributed by atoms with Crippen molar-refractivity contribution in [2.45, 2.75) is 37.6 Å². The Morgan fingerprint density at radius 2 is 2.12 bits per heavy atom. The molecule has 4 rings (SSSR count). The van der Waals surface area contributed by atoms with E-state index in [-0.39, 0.29) is 5.82 Å². The standard InChI is InChI=1S/C12H16N5O6P/c1-5-8-9(23-24(19,20-2)22-5)7(18)12(21-8)17-4-16-6-10(13)14-3-15-11(6)17/h3-5,7-9,12,18H,1-2H3,(H2,13,14,15). The summed E-state index contributed by atoms with van der Waals surface area (Å²) < 4.78 is 35.1. The zero-order valence-corrected chi connectivity index (χ0v) is 13.7. The predicted molar refractivity (Wildman–Crippen MR) is 79.7 cm³/mol. The van der Waals surface area contributed by atoms with Crippen molar-refractivity contribution < 1.29 is 28.0 Å². The van der Waals surface area contributed by atoms with Gasteiger partial charge in [-0.05, 0) is 6.92 Å². The van der Waals surface area contributed by atoms with Crippen LogP contribution in [0.5, 0.6) is 0 Å². The van der Waals surface area contributed by atoms with Gasteiger partial charge in [0.25, 0.3) is 0 Å². The molecule has 0 amide bonds. The van der Waals surface area contributed by atoms with Crippen molar-refractivity contribution in [2.24, 2.45) is 0 Å². The monoisotopic (exact) mass is 357 g/mol. The lowest BCUT2D eigenvalue weighted by molar-refractivity contribution is -0.101. The highest BCUT2D eigenvalue weighted by molar-refractivity contribution is 7.48. The summed E-state index contributed by atoms with van der Waals surface area (Å²) in [7, 11) is -2.51. The van der Waals surface area contributed by atoms with E-state index in [1.54, 1.807) is 6.92 Å². The predicted octanol–water partition coefficient (Wildman–Crippen LogP) is 0.225. The number of nitrogens with zero attached hydrogens (tertiary/aromatic N) is 4. The molecule has 0 aromatic carbocycles. The summed E-state index contributed by atoms with van der Waals surface area (Å²) >= 11 is 0. The average Bonchev–Trinajstić information content (AvgIpc) is 3.11. The zero-order chi connectivity index (χ0) is 17.1. The number of aromatic nitrogens is 4. The van der Waals surface area contributed by atoms with Crippen LogP contribution in [0.25, 0.3) is 11.2 Å². The molecule has 2 fully saturated rings. The Bertz CT molecular complexity index is 829. The van der Waals surface area contributed by atoms with Crippen LogP contribution in [0.3, 0.4) is 0 Å². The highest BCUT2D eigenvalue weighted by atomic mass is 31.2. The molecule has 2 aliphatic heterocycles. The van der Waals surface area contributed by atoms with Crippen LogP contribution in [-0.4, -0.2) is 56.2 Å². The molecule has 0 saturated carbocycles. The fraction of sp³-hybridized carbons (Fsp3) is 0.583. The number of anilines is 1. The van der Waals surface area contributed by atoms with E-state index >= 15 is 0 Å². The van der Waals surface area contributed by atoms with Gasteiger partial charge in [-0.15, -0.1) is 0 Å². The molecule has 6 unspecified atom stereocenters. The minimum Gasteiger partial charge on any atom is -0.386 e. The summed E-state index contributed by atoms with van der Waals surface area (Å²) in [6.07, 6.45) is -1.33. The molecule has 0 aliphatic carbocycles. The number of rotatable bonds is 2. The van der Waals surface area contributed by atoms with Crippen molar-refractivity contribution in [2.75, 3.05) is 12.8 Å². The van der Waals surface area contributed by atoms with E-state index in [0.29, 0.717) is 11.2 Å². The number of imidazole rings is 1. The lowest BCUT2D eigenvalue weighted by atomic mass is 10.1. The number of hydrogen-bond donors (Lipinski definition) is 2. The normalized spacial score (nSPS) is 39.2. The van der Waals surface area contributed by atoms with E-state index in [2.05, 4.69) is 15.0 Å². The maximum atomic E-state index is 12.3. The Balaban J connectivity index is 1.71. The first-order valence-electron chi connectivity index (χ1n) is 7.22. The van der Waals surface area contributed by atoms with Gasteiger partial charge in [-0.2, -0.15) is 0 Å². The van der Waals surface area contributed by atoms with Gasteiger partial charge in [0, 0.05) is 7.11 Å². The third-order valence-corrected chi connectivity index (χ3v) is 5.68. The first-order chi connectivity index (χ1) is 11.4. The van der Waals surface area contributed by atoms with Crippen LogP contribution in [0.2, 0.25) is 0 Å². The lowest BCUT2D eigenvalue weighted by Gasteiger charge is -2.34. The molecule has 130 valence electrons. The molecule has 2 aromatic rings. The van der Waals surface area contributed by atoms with Gasteiger partial charge >= 0.3 is 7.82 Å². The molecule has 2 saturated heterocycles. The quantitative estimate of drug-likeness (QED) is 0.716. The van der Waals surface area contributed by atoms with Crippen molar-refractivity contribution >= 4 is 24.8 Å². The van der Waals surface area contributed by atoms with E-state index in [1.165, 1.54) is 24.3 Å². The van der Waals surface area contributed by atoms with Crippen LogP contribution in [0.1, 0.15) is 13.2 Å². The molecule has 0 spiro atoms. The SMILES string of the molecule is COP1(=O)OC(C)C2OC(n3cnc4c(N)ncnc43)C(O)C2O1. The van der Waals surface area contributed by atoms with Crippen LogP contribution >= 0.6 is 7.82 Å². The van der Waals surface area contributed by atoms with Crippen molar-refractivity contribution in [3.8, 4) is 0 Å². The maximum Gasteiger partial charge on any atom is 0.475 e. The highest BCUT2D eigenvalue weighted by Gasteiger charge is 2.56. The summed E-state index contributed by atoms with van der Waals surface area (Å²) in [4.78, 5) is 12.1. The number of hydrogen-bond acceptors (Lipinski definition) is 10. The molecule has 0 bridgehead atoms. The Morgan fingerprint density at radius 1 is 1.33 bits per heavy atom. The summed E-state index contributed by atoms with van der Waals surface area (Å²) in [5.41, 5.74) is 6.58. The molecule has 2 aliphatic rings. The van der Waals surface area contributed by atoms with Crippen LogP contribution in [0.15, 0.2) is 12.7 Å². The summed E-state index contributed by atoms with van der Waals surface area (Å²) in [6.45, 7) is 1.67. The Labute approximate surface area is 136 Å². The maximum absolute atomic E-state index is 12.3. The fourth-order valence-electron chi connectivity index (χ4n) is 2.99. The minimum absolute atomic E-state index is 0.223. The number of aliphatic hydroxyl groups excluding tert-OH is 1. The van der Waals surface area contributed by atoms with Gasteiger partial charge in [0.15, 0.2) is 17.7 Å². The molecule has 24 heavy (non-hydrogen) atoms.